The third-order valence-corrected chi connectivity index (χ3v) is 4.88. The van der Waals surface area contributed by atoms with E-state index in [1.165, 1.54) is 25.0 Å². The molecular weight excluding hydrogens is 446 g/mol. The van der Waals surface area contributed by atoms with Crippen LogP contribution in [0.4, 0.5) is 10.1 Å². The molecule has 0 bridgehead atoms. The Morgan fingerprint density at radius 3 is 2.62 bits per heavy atom. The van der Waals surface area contributed by atoms with E-state index < -0.39 is 15.8 Å². The number of halogens is 2. The zero-order valence-electron chi connectivity index (χ0n) is 13.8. The van der Waals surface area contributed by atoms with Gasteiger partial charge in [-0.1, -0.05) is 6.07 Å². The van der Waals surface area contributed by atoms with Crippen molar-refractivity contribution in [3.63, 3.8) is 0 Å². The van der Waals surface area contributed by atoms with Gasteiger partial charge in [-0.2, -0.15) is 0 Å². The van der Waals surface area contributed by atoms with Crippen molar-refractivity contribution in [1.29, 1.82) is 0 Å². The summed E-state index contributed by atoms with van der Waals surface area (Å²) in [4.78, 5) is 4.04. The first-order valence-electron chi connectivity index (χ1n) is 7.61. The van der Waals surface area contributed by atoms with Gasteiger partial charge in [0.25, 0.3) is 0 Å². The van der Waals surface area contributed by atoms with E-state index in [2.05, 4.69) is 20.3 Å². The van der Waals surface area contributed by atoms with E-state index in [0.717, 1.165) is 6.54 Å². The first-order valence-corrected chi connectivity index (χ1v) is 9.26. The van der Waals surface area contributed by atoms with Crippen molar-refractivity contribution in [2.75, 3.05) is 30.6 Å². The highest BCUT2D eigenvalue weighted by Crippen LogP contribution is 2.27. The fourth-order valence-electron chi connectivity index (χ4n) is 1.97. The van der Waals surface area contributed by atoms with Crippen molar-refractivity contribution in [3.8, 4) is 0 Å². The van der Waals surface area contributed by atoms with Crippen LogP contribution in [0.1, 0.15) is 18.4 Å². The Morgan fingerprint density at radius 2 is 2.04 bits per heavy atom. The number of aliphatic imine (C=N–C) groups is 1. The molecule has 1 aliphatic rings. The third-order valence-electron chi connectivity index (χ3n) is 3.59. The van der Waals surface area contributed by atoms with E-state index >= 15 is 0 Å². The normalized spacial score (nSPS) is 14.7. The number of hydrogen-bond acceptors (Lipinski definition) is 3. The molecule has 1 fully saturated rings. The van der Waals surface area contributed by atoms with Crippen LogP contribution in [0.15, 0.2) is 23.2 Å². The van der Waals surface area contributed by atoms with Gasteiger partial charge >= 0.3 is 0 Å². The molecule has 0 heterocycles. The molecule has 0 unspecified atom stereocenters. The zero-order valence-corrected chi connectivity index (χ0v) is 16.9. The number of anilines is 1. The SMILES string of the molecule is CN=C(NCCS(=O)(=O)Nc1ccc(C)c(F)c1)NCC1CC1.I. The minimum absolute atomic E-state index is 0. The largest absolute Gasteiger partial charge is 0.356 e. The van der Waals surface area contributed by atoms with Crippen LogP contribution in [0.5, 0.6) is 0 Å². The molecule has 3 N–H and O–H groups in total. The fourth-order valence-corrected chi connectivity index (χ4v) is 2.93. The first kappa shape index (κ1) is 20.9. The van der Waals surface area contributed by atoms with Crippen LogP contribution < -0.4 is 15.4 Å². The quantitative estimate of drug-likeness (QED) is 0.324. The van der Waals surface area contributed by atoms with Gasteiger partial charge < -0.3 is 10.6 Å². The highest BCUT2D eigenvalue weighted by Gasteiger charge is 2.21. The van der Waals surface area contributed by atoms with E-state index in [-0.39, 0.29) is 42.0 Å². The van der Waals surface area contributed by atoms with Crippen molar-refractivity contribution in [2.24, 2.45) is 10.9 Å². The zero-order chi connectivity index (χ0) is 16.9. The molecule has 0 saturated heterocycles. The van der Waals surface area contributed by atoms with Gasteiger partial charge in [0.1, 0.15) is 5.82 Å². The average molecular weight is 470 g/mol. The maximum atomic E-state index is 13.4. The molecule has 1 saturated carbocycles. The van der Waals surface area contributed by atoms with E-state index in [1.807, 2.05) is 0 Å². The summed E-state index contributed by atoms with van der Waals surface area (Å²) >= 11 is 0. The predicted molar refractivity (Wildman–Crippen MR) is 106 cm³/mol. The molecule has 0 amide bonds. The Kier molecular flexibility index (Phi) is 8.20. The number of rotatable bonds is 7. The van der Waals surface area contributed by atoms with Crippen molar-refractivity contribution < 1.29 is 12.8 Å². The molecule has 0 spiro atoms. The van der Waals surface area contributed by atoms with Gasteiger partial charge in [0, 0.05) is 20.1 Å². The molecule has 136 valence electrons. The van der Waals surface area contributed by atoms with Crippen molar-refractivity contribution >= 4 is 45.6 Å². The van der Waals surface area contributed by atoms with Crippen molar-refractivity contribution in [2.45, 2.75) is 19.8 Å². The summed E-state index contributed by atoms with van der Waals surface area (Å²) in [6, 6.07) is 4.25. The predicted octanol–water partition coefficient (Wildman–Crippen LogP) is 2.07. The van der Waals surface area contributed by atoms with Gasteiger partial charge in [0.15, 0.2) is 5.96 Å². The summed E-state index contributed by atoms with van der Waals surface area (Å²) in [5.74, 6) is 0.726. The number of benzene rings is 1. The Labute approximate surface area is 159 Å². The lowest BCUT2D eigenvalue weighted by molar-refractivity contribution is 0.599. The summed E-state index contributed by atoms with van der Waals surface area (Å²) in [7, 11) is -1.91. The Balaban J connectivity index is 0.00000288. The smallest absolute Gasteiger partial charge is 0.234 e. The molecule has 0 aromatic heterocycles. The molecule has 2 rings (SSSR count). The average Bonchev–Trinajstić information content (AvgIpc) is 3.30. The van der Waals surface area contributed by atoms with Gasteiger partial charge in [0.2, 0.25) is 10.0 Å². The Bertz CT molecular complexity index is 678. The molecule has 1 aromatic rings. The summed E-state index contributed by atoms with van der Waals surface area (Å²) in [6.45, 7) is 2.69. The molecule has 0 radical (unpaired) electrons. The van der Waals surface area contributed by atoms with Crippen LogP contribution in [0.25, 0.3) is 0 Å². The Hall–Kier alpha value is -1.10. The van der Waals surface area contributed by atoms with Gasteiger partial charge in [-0.3, -0.25) is 9.71 Å². The number of hydrogen-bond donors (Lipinski definition) is 3. The van der Waals surface area contributed by atoms with Crippen molar-refractivity contribution in [1.82, 2.24) is 10.6 Å². The minimum Gasteiger partial charge on any atom is -0.356 e. The summed E-state index contributed by atoms with van der Waals surface area (Å²) in [6.07, 6.45) is 2.46. The number of nitrogens with one attached hydrogen (secondary N) is 3. The fraction of sp³-hybridized carbons (Fsp3) is 0.533. The van der Waals surface area contributed by atoms with E-state index in [9.17, 15) is 12.8 Å². The molecule has 9 heteroatoms. The summed E-state index contributed by atoms with van der Waals surface area (Å²) in [5, 5.41) is 6.12. The van der Waals surface area contributed by atoms with E-state index in [0.29, 0.717) is 17.4 Å². The first-order chi connectivity index (χ1) is 10.9. The second kappa shape index (κ2) is 9.40. The van der Waals surface area contributed by atoms with Gasteiger partial charge in [0.05, 0.1) is 11.4 Å². The molecule has 24 heavy (non-hydrogen) atoms. The maximum Gasteiger partial charge on any atom is 0.234 e. The van der Waals surface area contributed by atoms with Crippen LogP contribution in [0.3, 0.4) is 0 Å². The minimum atomic E-state index is -3.55. The number of sulfonamides is 1. The van der Waals surface area contributed by atoms with Gasteiger partial charge in [-0.05, 0) is 43.4 Å². The third kappa shape index (κ3) is 7.20. The highest BCUT2D eigenvalue weighted by atomic mass is 127. The molecule has 0 atom stereocenters. The van der Waals surface area contributed by atoms with E-state index in [1.54, 1.807) is 20.0 Å². The van der Waals surface area contributed by atoms with Gasteiger partial charge in [-0.25, -0.2) is 12.8 Å². The van der Waals surface area contributed by atoms with Crippen LogP contribution >= 0.6 is 24.0 Å². The van der Waals surface area contributed by atoms with Crippen LogP contribution in [0.2, 0.25) is 0 Å². The Morgan fingerprint density at radius 1 is 1.33 bits per heavy atom. The van der Waals surface area contributed by atoms with E-state index in [4.69, 9.17) is 0 Å². The standard InChI is InChI=1S/C15H23FN4O2S.HI/c1-11-3-6-13(9-14(11)16)20-23(21,22)8-7-18-15(17-2)19-10-12-4-5-12;/h3,6,9,12,20H,4-5,7-8,10H2,1-2H3,(H2,17,18,19);1H. The number of nitrogens with zero attached hydrogens (tertiary/aromatic N) is 1. The monoisotopic (exact) mass is 470 g/mol. The van der Waals surface area contributed by atoms with Crippen molar-refractivity contribution in [3.05, 3.63) is 29.6 Å². The highest BCUT2D eigenvalue weighted by molar-refractivity contribution is 14.0. The summed E-state index contributed by atoms with van der Waals surface area (Å²) in [5.41, 5.74) is 0.699. The lowest BCUT2D eigenvalue weighted by atomic mass is 10.2. The number of aryl methyl sites for hydroxylation is 1. The maximum absolute atomic E-state index is 13.4. The number of guanidine groups is 1. The van der Waals surface area contributed by atoms with Gasteiger partial charge in [-0.15, -0.1) is 24.0 Å². The molecule has 1 aliphatic carbocycles. The van der Waals surface area contributed by atoms with Crippen LogP contribution in [-0.4, -0.2) is 40.3 Å². The molecular formula is C15H24FIN4O2S. The lowest BCUT2D eigenvalue weighted by Crippen LogP contribution is -2.40. The molecule has 1 aromatic carbocycles. The van der Waals surface area contributed by atoms with Crippen LogP contribution in [-0.2, 0) is 10.0 Å². The second-order valence-electron chi connectivity index (χ2n) is 5.71. The summed E-state index contributed by atoms with van der Waals surface area (Å²) < 4.78 is 39.8. The second-order valence-corrected chi connectivity index (χ2v) is 7.55. The molecule has 0 aliphatic heterocycles. The van der Waals surface area contributed by atoms with Crippen LogP contribution in [0, 0.1) is 18.7 Å². The lowest BCUT2D eigenvalue weighted by Gasteiger charge is -2.12. The molecule has 6 nitrogen and oxygen atoms in total. The topological polar surface area (TPSA) is 82.6 Å².